The number of esters is 2. The number of carbonyl (C=O) groups is 2. The Labute approximate surface area is 141 Å². The molecule has 3 rings (SSSR count). The van der Waals surface area contributed by atoms with Gasteiger partial charge in [-0.2, -0.15) is 0 Å². The Kier molecular flexibility index (Phi) is 4.24. The van der Waals surface area contributed by atoms with Gasteiger partial charge < -0.3 is 19.7 Å². The SMILES string of the molecule is COC(=O)[C@H]1CC[C@@]23CC[C@@H]([C@@](C)(/C=C/CO)OC2=O)[C@@]3(O)CC1. The fourth-order valence-corrected chi connectivity index (χ4v) is 5.24. The molecule has 3 aliphatic rings. The number of hydrogen-bond donors (Lipinski definition) is 2. The van der Waals surface area contributed by atoms with Crippen LogP contribution >= 0.6 is 0 Å². The van der Waals surface area contributed by atoms with E-state index < -0.39 is 16.6 Å². The van der Waals surface area contributed by atoms with E-state index in [0.717, 1.165) is 0 Å². The first-order chi connectivity index (χ1) is 11.3. The summed E-state index contributed by atoms with van der Waals surface area (Å²) in [5.74, 6) is -1.18. The van der Waals surface area contributed by atoms with Crippen LogP contribution in [0, 0.1) is 17.3 Å². The van der Waals surface area contributed by atoms with Gasteiger partial charge in [0.05, 0.1) is 30.7 Å². The Morgan fingerprint density at radius 3 is 2.67 bits per heavy atom. The molecule has 1 heterocycles. The lowest BCUT2D eigenvalue weighted by Crippen LogP contribution is -2.63. The number of ether oxygens (including phenoxy) is 2. The highest BCUT2D eigenvalue weighted by atomic mass is 16.6. The number of cyclic esters (lactones) is 1. The lowest BCUT2D eigenvalue weighted by molar-refractivity contribution is -0.225. The van der Waals surface area contributed by atoms with Crippen molar-refractivity contribution in [2.45, 2.75) is 56.7 Å². The molecule has 2 bridgehead atoms. The fraction of sp³-hybridized carbons (Fsp3) is 0.778. The lowest BCUT2D eigenvalue weighted by Gasteiger charge is -2.52. The van der Waals surface area contributed by atoms with Gasteiger partial charge in [-0.1, -0.05) is 6.08 Å². The zero-order valence-corrected chi connectivity index (χ0v) is 14.3. The van der Waals surface area contributed by atoms with Crippen LogP contribution in [0.2, 0.25) is 0 Å². The highest BCUT2D eigenvalue weighted by Gasteiger charge is 2.72. The molecule has 0 radical (unpaired) electrons. The molecule has 6 heteroatoms. The molecule has 1 aliphatic heterocycles. The maximum Gasteiger partial charge on any atom is 0.315 e. The molecule has 5 atom stereocenters. The molecule has 3 fully saturated rings. The highest BCUT2D eigenvalue weighted by Crippen LogP contribution is 2.64. The predicted octanol–water partition coefficient (Wildman–Crippen LogP) is 1.34. The Morgan fingerprint density at radius 2 is 2.00 bits per heavy atom. The van der Waals surface area contributed by atoms with Crippen molar-refractivity contribution in [1.82, 2.24) is 0 Å². The Hall–Kier alpha value is -1.40. The normalized spacial score (nSPS) is 44.8. The Morgan fingerprint density at radius 1 is 1.33 bits per heavy atom. The zero-order chi connectivity index (χ0) is 17.6. The molecule has 24 heavy (non-hydrogen) atoms. The van der Waals surface area contributed by atoms with Gasteiger partial charge in [0.1, 0.15) is 5.60 Å². The van der Waals surface area contributed by atoms with E-state index >= 15 is 0 Å². The van der Waals surface area contributed by atoms with E-state index in [1.165, 1.54) is 7.11 Å². The van der Waals surface area contributed by atoms with Gasteiger partial charge in [0.2, 0.25) is 0 Å². The quantitative estimate of drug-likeness (QED) is 0.596. The van der Waals surface area contributed by atoms with Crippen LogP contribution in [0.15, 0.2) is 12.2 Å². The first kappa shape index (κ1) is 17.4. The average molecular weight is 338 g/mol. The van der Waals surface area contributed by atoms with Crippen LogP contribution < -0.4 is 0 Å². The summed E-state index contributed by atoms with van der Waals surface area (Å²) in [6.45, 7) is 1.64. The molecule has 134 valence electrons. The van der Waals surface area contributed by atoms with Crippen LogP contribution in [0.3, 0.4) is 0 Å². The molecule has 2 N–H and O–H groups in total. The van der Waals surface area contributed by atoms with Gasteiger partial charge >= 0.3 is 11.9 Å². The van der Waals surface area contributed by atoms with E-state index in [9.17, 15) is 14.7 Å². The summed E-state index contributed by atoms with van der Waals surface area (Å²) in [6, 6.07) is 0. The van der Waals surface area contributed by atoms with Crippen molar-refractivity contribution in [1.29, 1.82) is 0 Å². The third-order valence-electron chi connectivity index (χ3n) is 6.54. The van der Waals surface area contributed by atoms with Crippen molar-refractivity contribution in [3.05, 3.63) is 12.2 Å². The fourth-order valence-electron chi connectivity index (χ4n) is 5.24. The van der Waals surface area contributed by atoms with Crippen molar-refractivity contribution >= 4 is 11.9 Å². The number of methoxy groups -OCH3 is 1. The monoisotopic (exact) mass is 338 g/mol. The van der Waals surface area contributed by atoms with Crippen LogP contribution in [0.1, 0.15) is 45.4 Å². The molecule has 0 spiro atoms. The first-order valence-electron chi connectivity index (χ1n) is 8.65. The summed E-state index contributed by atoms with van der Waals surface area (Å²) in [5, 5.41) is 20.7. The molecular weight excluding hydrogens is 312 g/mol. The number of aliphatic hydroxyl groups excluding tert-OH is 1. The third-order valence-corrected chi connectivity index (χ3v) is 6.54. The van der Waals surface area contributed by atoms with Crippen molar-refractivity contribution in [2.75, 3.05) is 13.7 Å². The Bertz CT molecular complexity index is 572. The summed E-state index contributed by atoms with van der Waals surface area (Å²) in [7, 11) is 1.37. The van der Waals surface area contributed by atoms with E-state index in [1.807, 2.05) is 0 Å². The van der Waals surface area contributed by atoms with Crippen molar-refractivity contribution in [3.63, 3.8) is 0 Å². The van der Waals surface area contributed by atoms with Crippen LogP contribution in [0.5, 0.6) is 0 Å². The molecule has 1 saturated heterocycles. The van der Waals surface area contributed by atoms with Crippen LogP contribution in [0.25, 0.3) is 0 Å². The van der Waals surface area contributed by atoms with Gasteiger partial charge in [0, 0.05) is 5.92 Å². The minimum Gasteiger partial charge on any atom is -0.469 e. The zero-order valence-electron chi connectivity index (χ0n) is 14.3. The molecule has 0 aromatic heterocycles. The standard InChI is InChI=1S/C18H26O6/c1-16(7-3-11-19)13-6-9-17(15(21)24-16)8-4-12(14(20)23-2)5-10-18(13,17)22/h3,7,12-13,19,22H,4-6,8-11H2,1-2H3/b7-3+/t12-,13-,16+,17+,18-/m0/s1. The van der Waals surface area contributed by atoms with Gasteiger partial charge in [0.15, 0.2) is 0 Å². The van der Waals surface area contributed by atoms with Crippen LogP contribution in [0.4, 0.5) is 0 Å². The van der Waals surface area contributed by atoms with Crippen LogP contribution in [-0.2, 0) is 19.1 Å². The van der Waals surface area contributed by atoms with Crippen molar-refractivity contribution < 1.29 is 29.3 Å². The third kappa shape index (κ3) is 2.23. The second-order valence-corrected chi connectivity index (χ2v) is 7.55. The minimum atomic E-state index is -1.18. The van der Waals surface area contributed by atoms with Gasteiger partial charge in [-0.05, 0) is 51.5 Å². The highest BCUT2D eigenvalue weighted by molar-refractivity contribution is 5.82. The van der Waals surface area contributed by atoms with Gasteiger partial charge in [-0.3, -0.25) is 9.59 Å². The van der Waals surface area contributed by atoms with Gasteiger partial charge in [-0.25, -0.2) is 0 Å². The summed E-state index contributed by atoms with van der Waals surface area (Å²) >= 11 is 0. The summed E-state index contributed by atoms with van der Waals surface area (Å²) in [6.07, 6.45) is 6.37. The molecule has 0 amide bonds. The maximum atomic E-state index is 12.9. The second kappa shape index (κ2) is 5.85. The smallest absolute Gasteiger partial charge is 0.315 e. The number of carbonyl (C=O) groups excluding carboxylic acids is 2. The maximum absolute atomic E-state index is 12.9. The molecule has 2 saturated carbocycles. The first-order valence-corrected chi connectivity index (χ1v) is 8.65. The average Bonchev–Trinajstić information content (AvgIpc) is 2.68. The molecule has 0 aromatic carbocycles. The molecule has 0 unspecified atom stereocenters. The summed E-state index contributed by atoms with van der Waals surface area (Å²) in [4.78, 5) is 24.8. The number of rotatable bonds is 3. The second-order valence-electron chi connectivity index (χ2n) is 7.55. The predicted molar refractivity (Wildman–Crippen MR) is 84.8 cm³/mol. The summed E-state index contributed by atoms with van der Waals surface area (Å²) < 4.78 is 10.6. The molecule has 2 aliphatic carbocycles. The lowest BCUT2D eigenvalue weighted by atomic mass is 9.62. The number of hydrogen-bond acceptors (Lipinski definition) is 6. The van der Waals surface area contributed by atoms with E-state index in [1.54, 1.807) is 19.1 Å². The van der Waals surface area contributed by atoms with E-state index in [-0.39, 0.29) is 30.4 Å². The van der Waals surface area contributed by atoms with Gasteiger partial charge in [0.25, 0.3) is 0 Å². The van der Waals surface area contributed by atoms with Gasteiger partial charge in [-0.15, -0.1) is 0 Å². The molecular formula is C18H26O6. The summed E-state index contributed by atoms with van der Waals surface area (Å²) in [5.41, 5.74) is -3.04. The molecule has 0 aromatic rings. The molecule has 6 nitrogen and oxygen atoms in total. The van der Waals surface area contributed by atoms with Crippen LogP contribution in [-0.4, -0.2) is 47.1 Å². The minimum absolute atomic E-state index is 0.145. The number of aliphatic hydroxyl groups is 2. The van der Waals surface area contributed by atoms with E-state index in [2.05, 4.69) is 0 Å². The van der Waals surface area contributed by atoms with Crippen molar-refractivity contribution in [3.8, 4) is 0 Å². The van der Waals surface area contributed by atoms with E-state index in [0.29, 0.717) is 38.5 Å². The Balaban J connectivity index is 1.97. The topological polar surface area (TPSA) is 93.1 Å². The van der Waals surface area contributed by atoms with Crippen molar-refractivity contribution in [2.24, 2.45) is 17.3 Å². The largest absolute Gasteiger partial charge is 0.469 e. The van der Waals surface area contributed by atoms with E-state index in [4.69, 9.17) is 14.6 Å².